The van der Waals surface area contributed by atoms with Crippen molar-refractivity contribution in [3.05, 3.63) is 33.3 Å². The van der Waals surface area contributed by atoms with E-state index in [0.717, 1.165) is 11.1 Å². The van der Waals surface area contributed by atoms with Crippen molar-refractivity contribution in [3.8, 4) is 0 Å². The summed E-state index contributed by atoms with van der Waals surface area (Å²) in [5, 5.41) is 19.9. The molecule has 2 N–H and O–H groups in total. The Kier molecular flexibility index (Phi) is 3.82. The molecule has 0 spiro atoms. The number of hydrogen-bond acceptors (Lipinski definition) is 3. The highest BCUT2D eigenvalue weighted by Gasteiger charge is 2.36. The fourth-order valence-corrected chi connectivity index (χ4v) is 3.06. The average molecular weight is 290 g/mol. The first kappa shape index (κ1) is 13.6. The van der Waals surface area contributed by atoms with E-state index in [4.69, 9.17) is 28.3 Å². The topological polar surface area (TPSA) is 60.8 Å². The highest BCUT2D eigenvalue weighted by Crippen LogP contribution is 2.40. The molecule has 18 heavy (non-hydrogen) atoms. The standard InChI is InChI=1S/C12H13Cl2NO3/c1-15(5-11(17)18)12-8-2-6(13)3-9(14)7(8)4-10(12)16/h2-3,10,12,16H,4-5H2,1H3,(H,17,18)/t10-,12-/m0/s1. The SMILES string of the molecule is CN(CC(=O)O)[C@H]1c2cc(Cl)cc(Cl)c2C[C@@H]1O. The molecule has 0 radical (unpaired) electrons. The molecular weight excluding hydrogens is 277 g/mol. The molecular formula is C12H13Cl2NO3. The monoisotopic (exact) mass is 289 g/mol. The summed E-state index contributed by atoms with van der Waals surface area (Å²) >= 11 is 12.0. The van der Waals surface area contributed by atoms with Crippen LogP contribution in [0.4, 0.5) is 0 Å². The minimum absolute atomic E-state index is 0.148. The van der Waals surface area contributed by atoms with Gasteiger partial charge >= 0.3 is 5.97 Å². The lowest BCUT2D eigenvalue weighted by Gasteiger charge is -2.26. The fraction of sp³-hybridized carbons (Fsp3) is 0.417. The van der Waals surface area contributed by atoms with Crippen molar-refractivity contribution in [2.75, 3.05) is 13.6 Å². The normalized spacial score (nSPS) is 22.3. The third kappa shape index (κ3) is 2.47. The lowest BCUT2D eigenvalue weighted by molar-refractivity contribution is -0.139. The molecule has 1 aliphatic rings. The van der Waals surface area contributed by atoms with E-state index in [-0.39, 0.29) is 12.6 Å². The number of aliphatic carboxylic acids is 1. The molecule has 98 valence electrons. The second-order valence-electron chi connectivity index (χ2n) is 4.48. The van der Waals surface area contributed by atoms with Crippen LogP contribution in [0.25, 0.3) is 0 Å². The zero-order valence-electron chi connectivity index (χ0n) is 9.73. The Morgan fingerprint density at radius 2 is 2.17 bits per heavy atom. The van der Waals surface area contributed by atoms with E-state index in [1.165, 1.54) is 0 Å². The van der Waals surface area contributed by atoms with Gasteiger partial charge in [-0.1, -0.05) is 23.2 Å². The number of nitrogens with zero attached hydrogens (tertiary/aromatic N) is 1. The number of carbonyl (C=O) groups is 1. The molecule has 0 aliphatic heterocycles. The number of carboxylic acid groups (broad SMARTS) is 1. The number of carboxylic acids is 1. The highest BCUT2D eigenvalue weighted by molar-refractivity contribution is 6.35. The Balaban J connectivity index is 2.38. The van der Waals surface area contributed by atoms with Gasteiger partial charge in [-0.25, -0.2) is 0 Å². The first-order valence-electron chi connectivity index (χ1n) is 5.48. The van der Waals surface area contributed by atoms with Gasteiger partial charge in [0, 0.05) is 16.5 Å². The van der Waals surface area contributed by atoms with Gasteiger partial charge in [-0.2, -0.15) is 0 Å². The molecule has 0 saturated heterocycles. The van der Waals surface area contributed by atoms with Gasteiger partial charge in [-0.15, -0.1) is 0 Å². The van der Waals surface area contributed by atoms with E-state index < -0.39 is 12.1 Å². The van der Waals surface area contributed by atoms with Gasteiger partial charge in [0.05, 0.1) is 18.7 Å². The van der Waals surface area contributed by atoms with Crippen molar-refractivity contribution < 1.29 is 15.0 Å². The number of fused-ring (bicyclic) bond motifs is 1. The predicted molar refractivity (Wildman–Crippen MR) is 69.2 cm³/mol. The van der Waals surface area contributed by atoms with Gasteiger partial charge in [0.25, 0.3) is 0 Å². The number of hydrogen-bond donors (Lipinski definition) is 2. The maximum atomic E-state index is 10.7. The summed E-state index contributed by atoms with van der Waals surface area (Å²) in [7, 11) is 1.66. The smallest absolute Gasteiger partial charge is 0.317 e. The van der Waals surface area contributed by atoms with Crippen molar-refractivity contribution in [1.29, 1.82) is 0 Å². The van der Waals surface area contributed by atoms with E-state index >= 15 is 0 Å². The van der Waals surface area contributed by atoms with Gasteiger partial charge in [0.15, 0.2) is 0 Å². The lowest BCUT2D eigenvalue weighted by Crippen LogP contribution is -2.34. The van der Waals surface area contributed by atoms with Crippen LogP contribution in [0.1, 0.15) is 17.2 Å². The molecule has 2 atom stereocenters. The molecule has 2 rings (SSSR count). The van der Waals surface area contributed by atoms with Crippen LogP contribution in [0.2, 0.25) is 10.0 Å². The minimum Gasteiger partial charge on any atom is -0.480 e. The van der Waals surface area contributed by atoms with Crippen molar-refractivity contribution in [3.63, 3.8) is 0 Å². The number of likely N-dealkylation sites (N-methyl/N-ethyl adjacent to an activating group) is 1. The van der Waals surface area contributed by atoms with Crippen LogP contribution < -0.4 is 0 Å². The molecule has 0 saturated carbocycles. The highest BCUT2D eigenvalue weighted by atomic mass is 35.5. The summed E-state index contributed by atoms with van der Waals surface area (Å²) < 4.78 is 0. The van der Waals surface area contributed by atoms with Crippen LogP contribution in [0.3, 0.4) is 0 Å². The van der Waals surface area contributed by atoms with Crippen molar-refractivity contribution in [2.24, 2.45) is 0 Å². The van der Waals surface area contributed by atoms with E-state index in [1.54, 1.807) is 24.1 Å². The van der Waals surface area contributed by atoms with E-state index in [0.29, 0.717) is 16.5 Å². The van der Waals surface area contributed by atoms with E-state index in [9.17, 15) is 9.90 Å². The zero-order valence-corrected chi connectivity index (χ0v) is 11.2. The van der Waals surface area contributed by atoms with Crippen molar-refractivity contribution in [2.45, 2.75) is 18.6 Å². The lowest BCUT2D eigenvalue weighted by atomic mass is 10.1. The van der Waals surface area contributed by atoms with E-state index in [2.05, 4.69) is 0 Å². The Labute approximate surface area is 115 Å². The first-order chi connectivity index (χ1) is 8.40. The summed E-state index contributed by atoms with van der Waals surface area (Å²) in [6.45, 7) is -0.148. The number of aliphatic hydroxyl groups excluding tert-OH is 1. The quantitative estimate of drug-likeness (QED) is 0.893. The molecule has 1 aliphatic carbocycles. The second-order valence-corrected chi connectivity index (χ2v) is 5.32. The predicted octanol–water partition coefficient (Wildman–Crippen LogP) is 1.97. The van der Waals surface area contributed by atoms with Gasteiger partial charge in [-0.05, 0) is 30.3 Å². The number of benzene rings is 1. The third-order valence-corrected chi connectivity index (χ3v) is 3.71. The van der Waals surface area contributed by atoms with Gasteiger partial charge in [0.1, 0.15) is 0 Å². The molecule has 6 heteroatoms. The van der Waals surface area contributed by atoms with E-state index in [1.807, 2.05) is 0 Å². The zero-order chi connectivity index (χ0) is 13.4. The Bertz CT molecular complexity index is 492. The van der Waals surface area contributed by atoms with Crippen LogP contribution in [-0.2, 0) is 11.2 Å². The largest absolute Gasteiger partial charge is 0.480 e. The summed E-state index contributed by atoms with van der Waals surface area (Å²) in [5.41, 5.74) is 1.65. The molecule has 4 nitrogen and oxygen atoms in total. The van der Waals surface area contributed by atoms with Gasteiger partial charge in [0.2, 0.25) is 0 Å². The number of halogens is 2. The Morgan fingerprint density at radius 1 is 1.50 bits per heavy atom. The molecule has 0 heterocycles. The molecule has 1 aromatic carbocycles. The molecule has 0 amide bonds. The number of rotatable bonds is 3. The molecule has 0 fully saturated rings. The average Bonchev–Trinajstić information content (AvgIpc) is 2.53. The van der Waals surface area contributed by atoms with Gasteiger partial charge in [-0.3, -0.25) is 9.69 Å². The fourth-order valence-electron chi connectivity index (χ4n) is 2.47. The third-order valence-electron chi connectivity index (χ3n) is 3.15. The maximum absolute atomic E-state index is 10.7. The van der Waals surface area contributed by atoms with Gasteiger partial charge < -0.3 is 10.2 Å². The Morgan fingerprint density at radius 3 is 2.78 bits per heavy atom. The Hall–Kier alpha value is -0.810. The van der Waals surface area contributed by atoms with Crippen LogP contribution >= 0.6 is 23.2 Å². The van der Waals surface area contributed by atoms with Crippen LogP contribution in [0.5, 0.6) is 0 Å². The van der Waals surface area contributed by atoms with Crippen LogP contribution in [0.15, 0.2) is 12.1 Å². The molecule has 1 aromatic rings. The molecule has 0 bridgehead atoms. The second kappa shape index (κ2) is 5.05. The summed E-state index contributed by atoms with van der Waals surface area (Å²) in [6.07, 6.45) is -0.250. The maximum Gasteiger partial charge on any atom is 0.317 e. The van der Waals surface area contributed by atoms with Crippen molar-refractivity contribution in [1.82, 2.24) is 4.90 Å². The minimum atomic E-state index is -0.939. The first-order valence-corrected chi connectivity index (χ1v) is 6.23. The van der Waals surface area contributed by atoms with Crippen LogP contribution in [0, 0.1) is 0 Å². The molecule has 0 aromatic heterocycles. The number of aliphatic hydroxyl groups is 1. The summed E-state index contributed by atoms with van der Waals surface area (Å²) in [4.78, 5) is 12.3. The van der Waals surface area contributed by atoms with Crippen molar-refractivity contribution >= 4 is 29.2 Å². The molecule has 0 unspecified atom stereocenters. The summed E-state index contributed by atoms with van der Waals surface area (Å²) in [6, 6.07) is 2.99. The summed E-state index contributed by atoms with van der Waals surface area (Å²) in [5.74, 6) is -0.939. The van der Waals surface area contributed by atoms with Crippen LogP contribution in [-0.4, -0.2) is 40.8 Å².